The third kappa shape index (κ3) is 7.76. The van der Waals surface area contributed by atoms with E-state index in [1.807, 2.05) is 26.4 Å². The van der Waals surface area contributed by atoms with E-state index in [0.717, 1.165) is 24.6 Å². The van der Waals surface area contributed by atoms with Gasteiger partial charge in [-0.05, 0) is 24.6 Å². The van der Waals surface area contributed by atoms with Gasteiger partial charge in [-0.3, -0.25) is 14.5 Å². The summed E-state index contributed by atoms with van der Waals surface area (Å²) in [6, 6.07) is 6.08. The Kier molecular flexibility index (Phi) is 10.2. The number of benzene rings is 1. The number of ether oxygens (including phenoxy) is 1. The number of morpholine rings is 1. The van der Waals surface area contributed by atoms with Gasteiger partial charge < -0.3 is 20.3 Å². The van der Waals surface area contributed by atoms with E-state index in [0.29, 0.717) is 31.8 Å². The molecule has 0 spiro atoms. The first-order chi connectivity index (χ1) is 14.5. The largest absolute Gasteiger partial charge is 0.370 e. The molecule has 1 aromatic heterocycles. The number of carbonyl (C=O) groups excluding carboxylic acids is 1. The molecule has 170 valence electrons. The number of carbonyl (C=O) groups is 1. The fraction of sp³-hybridized carbons (Fsp3) is 0.476. The normalized spacial score (nSPS) is 16.5. The van der Waals surface area contributed by atoms with Gasteiger partial charge in [0, 0.05) is 38.4 Å². The van der Waals surface area contributed by atoms with Gasteiger partial charge in [-0.2, -0.15) is 5.10 Å². The zero-order valence-electron chi connectivity index (χ0n) is 17.9. The lowest BCUT2D eigenvalue weighted by atomic mass is 10.1. The molecule has 1 amide bonds. The number of guanidine groups is 1. The van der Waals surface area contributed by atoms with E-state index >= 15 is 0 Å². The van der Waals surface area contributed by atoms with Crippen molar-refractivity contribution in [3.05, 3.63) is 53.6 Å². The molecule has 0 radical (unpaired) electrons. The summed E-state index contributed by atoms with van der Waals surface area (Å²) in [6.45, 7) is 5.67. The molecular weight excluding hydrogens is 514 g/mol. The van der Waals surface area contributed by atoms with Crippen LogP contribution in [0, 0.1) is 5.82 Å². The van der Waals surface area contributed by atoms with Gasteiger partial charge in [-0.25, -0.2) is 4.39 Å². The summed E-state index contributed by atoms with van der Waals surface area (Å²) in [5.41, 5.74) is 1.70. The highest BCUT2D eigenvalue weighted by atomic mass is 127. The molecule has 0 bridgehead atoms. The Hall–Kier alpha value is -2.21. The molecule has 1 saturated heterocycles. The van der Waals surface area contributed by atoms with Crippen LogP contribution < -0.4 is 10.6 Å². The summed E-state index contributed by atoms with van der Waals surface area (Å²) >= 11 is 0. The monoisotopic (exact) mass is 544 g/mol. The Morgan fingerprint density at radius 1 is 1.39 bits per heavy atom. The molecule has 2 N–H and O–H groups in total. The second-order valence-electron chi connectivity index (χ2n) is 7.15. The van der Waals surface area contributed by atoms with Crippen LogP contribution in [0.5, 0.6) is 0 Å². The van der Waals surface area contributed by atoms with Crippen molar-refractivity contribution in [2.75, 3.05) is 39.3 Å². The van der Waals surface area contributed by atoms with Gasteiger partial charge in [-0.1, -0.05) is 12.1 Å². The lowest BCUT2D eigenvalue weighted by Gasteiger charge is -2.34. The van der Waals surface area contributed by atoms with Crippen LogP contribution in [-0.4, -0.2) is 65.9 Å². The van der Waals surface area contributed by atoms with E-state index < -0.39 is 0 Å². The van der Waals surface area contributed by atoms with Crippen molar-refractivity contribution in [3.63, 3.8) is 0 Å². The molecule has 0 saturated carbocycles. The van der Waals surface area contributed by atoms with E-state index in [1.165, 1.54) is 12.1 Å². The lowest BCUT2D eigenvalue weighted by Crippen LogP contribution is -2.48. The van der Waals surface area contributed by atoms with Gasteiger partial charge >= 0.3 is 0 Å². The van der Waals surface area contributed by atoms with Crippen LogP contribution in [0.25, 0.3) is 0 Å². The molecular formula is C21H30FIN6O2. The predicted octanol–water partition coefficient (Wildman–Crippen LogP) is 1.87. The van der Waals surface area contributed by atoms with E-state index in [4.69, 9.17) is 4.74 Å². The Labute approximate surface area is 199 Å². The van der Waals surface area contributed by atoms with E-state index in [9.17, 15) is 9.18 Å². The molecule has 31 heavy (non-hydrogen) atoms. The maximum absolute atomic E-state index is 13.2. The molecule has 10 heteroatoms. The molecule has 0 aliphatic carbocycles. The maximum atomic E-state index is 13.2. The number of nitrogens with one attached hydrogen (secondary N) is 2. The smallest absolute Gasteiger partial charge is 0.224 e. The van der Waals surface area contributed by atoms with Crippen LogP contribution in [0.4, 0.5) is 4.39 Å². The highest BCUT2D eigenvalue weighted by Gasteiger charge is 2.25. The summed E-state index contributed by atoms with van der Waals surface area (Å²) in [5, 5.41) is 10.4. The molecule has 3 rings (SSSR count). The molecule has 8 nitrogen and oxygen atoms in total. The van der Waals surface area contributed by atoms with Crippen molar-refractivity contribution in [1.82, 2.24) is 25.3 Å². The van der Waals surface area contributed by atoms with Crippen LogP contribution in [0.15, 0.2) is 41.7 Å². The molecule has 2 heterocycles. The zero-order valence-corrected chi connectivity index (χ0v) is 20.2. The van der Waals surface area contributed by atoms with Gasteiger partial charge in [0.25, 0.3) is 0 Å². The number of amides is 1. The number of halogens is 2. The number of aliphatic imine (C=N–C) groups is 1. The minimum atomic E-state index is -0.338. The van der Waals surface area contributed by atoms with Crippen LogP contribution in [0.3, 0.4) is 0 Å². The molecule has 1 unspecified atom stereocenters. The van der Waals surface area contributed by atoms with Crippen molar-refractivity contribution in [2.24, 2.45) is 12.0 Å². The number of aromatic nitrogens is 2. The Morgan fingerprint density at radius 2 is 2.23 bits per heavy atom. The minimum absolute atomic E-state index is 0. The third-order valence-corrected chi connectivity index (χ3v) is 4.75. The maximum Gasteiger partial charge on any atom is 0.224 e. The first-order valence-corrected chi connectivity index (χ1v) is 10.2. The summed E-state index contributed by atoms with van der Waals surface area (Å²) in [7, 11) is 1.89. The minimum Gasteiger partial charge on any atom is -0.370 e. The van der Waals surface area contributed by atoms with E-state index in [2.05, 4.69) is 25.6 Å². The van der Waals surface area contributed by atoms with Crippen LogP contribution >= 0.6 is 24.0 Å². The van der Waals surface area contributed by atoms with Crippen molar-refractivity contribution in [3.8, 4) is 0 Å². The van der Waals surface area contributed by atoms with Crippen LogP contribution in [0.1, 0.15) is 24.2 Å². The first kappa shape index (κ1) is 25.1. The lowest BCUT2D eigenvalue weighted by molar-refractivity contribution is -0.120. The second kappa shape index (κ2) is 12.6. The number of hydrogen-bond acceptors (Lipinski definition) is 4. The number of hydrogen-bond donors (Lipinski definition) is 2. The quantitative estimate of drug-likeness (QED) is 0.241. The fourth-order valence-electron chi connectivity index (χ4n) is 3.33. The molecule has 1 fully saturated rings. The van der Waals surface area contributed by atoms with E-state index in [1.54, 1.807) is 16.8 Å². The molecule has 1 aliphatic heterocycles. The Morgan fingerprint density at radius 3 is 2.94 bits per heavy atom. The first-order valence-electron chi connectivity index (χ1n) is 10.2. The second-order valence-corrected chi connectivity index (χ2v) is 7.15. The van der Waals surface area contributed by atoms with Gasteiger partial charge in [0.05, 0.1) is 32.3 Å². The van der Waals surface area contributed by atoms with Crippen LogP contribution in [0.2, 0.25) is 0 Å². The predicted molar refractivity (Wildman–Crippen MR) is 128 cm³/mol. The molecule has 2 aromatic rings. The van der Waals surface area contributed by atoms with Crippen LogP contribution in [-0.2, 0) is 23.0 Å². The van der Waals surface area contributed by atoms with Gasteiger partial charge in [-0.15, -0.1) is 24.0 Å². The fourth-order valence-corrected chi connectivity index (χ4v) is 3.33. The number of nitrogens with zero attached hydrogens (tertiary/aromatic N) is 4. The summed E-state index contributed by atoms with van der Waals surface area (Å²) in [5.74, 6) is 0.313. The van der Waals surface area contributed by atoms with Gasteiger partial charge in [0.15, 0.2) is 5.96 Å². The number of aryl methyl sites for hydroxylation is 1. The highest BCUT2D eigenvalue weighted by molar-refractivity contribution is 14.0. The standard InChI is InChI=1S/C21H29FN6O2.HI/c1-3-23-21(28-9-10-30-19(15-28)17-13-26-27(2)14-17)25-8-7-24-20(29)12-16-5-4-6-18(22)11-16;/h4-6,11,13-14,19H,3,7-10,12,15H2,1-2H3,(H,23,25)(H,24,29);1H. The molecule has 1 aliphatic rings. The Balaban J connectivity index is 0.00000341. The number of rotatable bonds is 7. The highest BCUT2D eigenvalue weighted by Crippen LogP contribution is 2.21. The summed E-state index contributed by atoms with van der Waals surface area (Å²) < 4.78 is 20.9. The van der Waals surface area contributed by atoms with Crippen molar-refractivity contribution in [1.29, 1.82) is 0 Å². The van der Waals surface area contributed by atoms with Crippen molar-refractivity contribution < 1.29 is 13.9 Å². The Bertz CT molecular complexity index is 875. The van der Waals surface area contributed by atoms with Crippen molar-refractivity contribution >= 4 is 35.8 Å². The van der Waals surface area contributed by atoms with Gasteiger partial charge in [0.2, 0.25) is 5.91 Å². The third-order valence-electron chi connectivity index (χ3n) is 4.75. The molecule has 1 aromatic carbocycles. The topological polar surface area (TPSA) is 83.8 Å². The van der Waals surface area contributed by atoms with Gasteiger partial charge in [0.1, 0.15) is 11.9 Å². The average molecular weight is 544 g/mol. The van der Waals surface area contributed by atoms with E-state index in [-0.39, 0.29) is 48.2 Å². The summed E-state index contributed by atoms with van der Waals surface area (Å²) in [4.78, 5) is 18.9. The SMILES string of the molecule is CCNC(=NCCNC(=O)Cc1cccc(F)c1)N1CCOC(c2cnn(C)c2)C1.I. The summed E-state index contributed by atoms with van der Waals surface area (Å²) in [6.07, 6.45) is 3.89. The van der Waals surface area contributed by atoms with Crippen molar-refractivity contribution in [2.45, 2.75) is 19.4 Å². The molecule has 1 atom stereocenters. The average Bonchev–Trinajstić information content (AvgIpc) is 3.17. The zero-order chi connectivity index (χ0) is 21.3.